The number of rotatable bonds is 5. The predicted octanol–water partition coefficient (Wildman–Crippen LogP) is 1.25. The molecule has 1 aliphatic rings. The number of carbonyl (C=O) groups is 2. The third-order valence-corrected chi connectivity index (χ3v) is 3.59. The van der Waals surface area contributed by atoms with Crippen LogP contribution in [-0.4, -0.2) is 37.6 Å². The fraction of sp³-hybridized carbons (Fsp3) is 0.500. The van der Waals surface area contributed by atoms with Crippen LogP contribution in [0.15, 0.2) is 24.3 Å². The SMILES string of the molecule is COc1ccc(O[C@@H](C)C(=O)N[C@H]2CCCCNC2=O)cc1. The van der Waals surface area contributed by atoms with Gasteiger partial charge >= 0.3 is 0 Å². The Hall–Kier alpha value is -2.24. The molecule has 1 aliphatic heterocycles. The highest BCUT2D eigenvalue weighted by Gasteiger charge is 2.25. The molecule has 2 N–H and O–H groups in total. The maximum absolute atomic E-state index is 12.2. The lowest BCUT2D eigenvalue weighted by molar-refractivity contribution is -0.132. The zero-order valence-corrected chi connectivity index (χ0v) is 12.9. The van der Waals surface area contributed by atoms with Gasteiger partial charge in [0.2, 0.25) is 5.91 Å². The molecule has 0 bridgehead atoms. The molecule has 22 heavy (non-hydrogen) atoms. The van der Waals surface area contributed by atoms with Crippen molar-refractivity contribution in [3.05, 3.63) is 24.3 Å². The zero-order valence-electron chi connectivity index (χ0n) is 12.9. The Balaban J connectivity index is 1.89. The molecule has 1 aromatic carbocycles. The highest BCUT2D eigenvalue weighted by Crippen LogP contribution is 2.18. The van der Waals surface area contributed by atoms with E-state index in [0.717, 1.165) is 18.6 Å². The number of nitrogens with one attached hydrogen (secondary N) is 2. The second-order valence-corrected chi connectivity index (χ2v) is 5.28. The second-order valence-electron chi connectivity index (χ2n) is 5.28. The van der Waals surface area contributed by atoms with E-state index in [9.17, 15) is 9.59 Å². The summed E-state index contributed by atoms with van der Waals surface area (Å²) in [5, 5.41) is 5.54. The average Bonchev–Trinajstić information content (AvgIpc) is 2.73. The number of carbonyl (C=O) groups excluding carboxylic acids is 2. The molecule has 1 aromatic rings. The van der Waals surface area contributed by atoms with E-state index >= 15 is 0 Å². The molecule has 2 atom stereocenters. The van der Waals surface area contributed by atoms with Gasteiger partial charge in [-0.1, -0.05) is 0 Å². The molecule has 0 aliphatic carbocycles. The topological polar surface area (TPSA) is 76.7 Å². The van der Waals surface area contributed by atoms with Crippen LogP contribution in [0.25, 0.3) is 0 Å². The molecule has 1 saturated heterocycles. The third-order valence-electron chi connectivity index (χ3n) is 3.59. The maximum Gasteiger partial charge on any atom is 0.261 e. The normalized spacial score (nSPS) is 19.5. The lowest BCUT2D eigenvalue weighted by Gasteiger charge is -2.19. The van der Waals surface area contributed by atoms with Crippen LogP contribution in [0.1, 0.15) is 26.2 Å². The molecular weight excluding hydrogens is 284 g/mol. The summed E-state index contributed by atoms with van der Waals surface area (Å²) in [5.41, 5.74) is 0. The first-order valence-corrected chi connectivity index (χ1v) is 7.49. The molecule has 6 nitrogen and oxygen atoms in total. The van der Waals surface area contributed by atoms with Crippen molar-refractivity contribution < 1.29 is 19.1 Å². The van der Waals surface area contributed by atoms with Gasteiger partial charge in [0, 0.05) is 6.54 Å². The van der Waals surface area contributed by atoms with Crippen LogP contribution in [-0.2, 0) is 9.59 Å². The van der Waals surface area contributed by atoms with Crippen molar-refractivity contribution in [1.29, 1.82) is 0 Å². The first-order chi connectivity index (χ1) is 10.6. The Labute approximate surface area is 130 Å². The molecule has 2 rings (SSSR count). The van der Waals surface area contributed by atoms with E-state index in [4.69, 9.17) is 9.47 Å². The van der Waals surface area contributed by atoms with E-state index in [1.807, 2.05) is 0 Å². The van der Waals surface area contributed by atoms with Crippen LogP contribution >= 0.6 is 0 Å². The molecule has 0 spiro atoms. The zero-order chi connectivity index (χ0) is 15.9. The predicted molar refractivity (Wildman–Crippen MR) is 81.9 cm³/mol. The van der Waals surface area contributed by atoms with Crippen molar-refractivity contribution in [2.45, 2.75) is 38.3 Å². The Morgan fingerprint density at radius 3 is 2.64 bits per heavy atom. The summed E-state index contributed by atoms with van der Waals surface area (Å²) in [6.45, 7) is 2.33. The Morgan fingerprint density at radius 1 is 1.27 bits per heavy atom. The average molecular weight is 306 g/mol. The van der Waals surface area contributed by atoms with Crippen LogP contribution < -0.4 is 20.1 Å². The molecule has 6 heteroatoms. The molecule has 1 fully saturated rings. The lowest BCUT2D eigenvalue weighted by Crippen LogP contribution is -2.49. The molecule has 2 amide bonds. The van der Waals surface area contributed by atoms with Gasteiger partial charge in [0.15, 0.2) is 6.10 Å². The van der Waals surface area contributed by atoms with Gasteiger partial charge in [-0.3, -0.25) is 9.59 Å². The third kappa shape index (κ3) is 4.38. The van der Waals surface area contributed by atoms with Crippen molar-refractivity contribution >= 4 is 11.8 Å². The summed E-state index contributed by atoms with van der Waals surface area (Å²) in [5.74, 6) is 0.883. The van der Waals surface area contributed by atoms with E-state index < -0.39 is 12.1 Å². The minimum atomic E-state index is -0.676. The Kier molecular flexibility index (Phi) is 5.63. The van der Waals surface area contributed by atoms with Crippen LogP contribution in [0.5, 0.6) is 11.5 Å². The standard InChI is InChI=1S/C16H22N2O4/c1-11(22-13-8-6-12(21-2)7-9-13)15(19)18-14-5-3-4-10-17-16(14)20/h6-9,11,14H,3-5,10H2,1-2H3,(H,17,20)(H,18,19)/t11-,14-/m0/s1. The lowest BCUT2D eigenvalue weighted by atomic mass is 10.1. The minimum Gasteiger partial charge on any atom is -0.497 e. The highest BCUT2D eigenvalue weighted by molar-refractivity contribution is 5.89. The van der Waals surface area contributed by atoms with Gasteiger partial charge in [-0.2, -0.15) is 0 Å². The van der Waals surface area contributed by atoms with Crippen molar-refractivity contribution in [2.75, 3.05) is 13.7 Å². The van der Waals surface area contributed by atoms with E-state index in [1.54, 1.807) is 38.3 Å². The number of ether oxygens (including phenoxy) is 2. The second kappa shape index (κ2) is 7.68. The smallest absolute Gasteiger partial charge is 0.261 e. The molecular formula is C16H22N2O4. The molecule has 0 aromatic heterocycles. The van der Waals surface area contributed by atoms with Gasteiger partial charge in [-0.25, -0.2) is 0 Å². The van der Waals surface area contributed by atoms with E-state index in [2.05, 4.69) is 10.6 Å². The molecule has 0 radical (unpaired) electrons. The van der Waals surface area contributed by atoms with Crippen molar-refractivity contribution in [3.63, 3.8) is 0 Å². The highest BCUT2D eigenvalue weighted by atomic mass is 16.5. The summed E-state index contributed by atoms with van der Waals surface area (Å²) >= 11 is 0. The summed E-state index contributed by atoms with van der Waals surface area (Å²) in [6, 6.07) is 6.52. The van der Waals surface area contributed by atoms with E-state index in [1.165, 1.54) is 0 Å². The maximum atomic E-state index is 12.2. The van der Waals surface area contributed by atoms with Crippen molar-refractivity contribution in [1.82, 2.24) is 10.6 Å². The number of benzene rings is 1. The molecule has 0 unspecified atom stereocenters. The summed E-state index contributed by atoms with van der Waals surface area (Å²) in [6.07, 6.45) is 1.84. The summed E-state index contributed by atoms with van der Waals surface area (Å²) in [4.78, 5) is 24.0. The largest absolute Gasteiger partial charge is 0.497 e. The van der Waals surface area contributed by atoms with Crippen LogP contribution in [0, 0.1) is 0 Å². The fourth-order valence-electron chi connectivity index (χ4n) is 2.28. The van der Waals surface area contributed by atoms with Gasteiger partial charge in [-0.05, 0) is 50.5 Å². The van der Waals surface area contributed by atoms with Gasteiger partial charge in [0.05, 0.1) is 7.11 Å². The van der Waals surface area contributed by atoms with Crippen LogP contribution in [0.3, 0.4) is 0 Å². The Morgan fingerprint density at radius 2 is 1.95 bits per heavy atom. The van der Waals surface area contributed by atoms with Gasteiger partial charge < -0.3 is 20.1 Å². The number of hydrogen-bond donors (Lipinski definition) is 2. The fourth-order valence-corrected chi connectivity index (χ4v) is 2.28. The summed E-state index contributed by atoms with van der Waals surface area (Å²) < 4.78 is 10.7. The number of amides is 2. The number of hydrogen-bond acceptors (Lipinski definition) is 4. The van der Waals surface area contributed by atoms with Crippen LogP contribution in [0.2, 0.25) is 0 Å². The van der Waals surface area contributed by atoms with Crippen molar-refractivity contribution in [3.8, 4) is 11.5 Å². The van der Waals surface area contributed by atoms with Crippen molar-refractivity contribution in [2.24, 2.45) is 0 Å². The monoisotopic (exact) mass is 306 g/mol. The molecule has 1 heterocycles. The number of methoxy groups -OCH3 is 1. The first kappa shape index (κ1) is 16.1. The van der Waals surface area contributed by atoms with Crippen LogP contribution in [0.4, 0.5) is 0 Å². The Bertz CT molecular complexity index is 515. The summed E-state index contributed by atoms with van der Waals surface area (Å²) in [7, 11) is 1.59. The molecule has 0 saturated carbocycles. The van der Waals surface area contributed by atoms with E-state index in [-0.39, 0.29) is 11.8 Å². The molecule has 120 valence electrons. The van der Waals surface area contributed by atoms with Gasteiger partial charge in [-0.15, -0.1) is 0 Å². The minimum absolute atomic E-state index is 0.123. The van der Waals surface area contributed by atoms with Gasteiger partial charge in [0.25, 0.3) is 5.91 Å². The first-order valence-electron chi connectivity index (χ1n) is 7.49. The quantitative estimate of drug-likeness (QED) is 0.858. The van der Waals surface area contributed by atoms with Gasteiger partial charge in [0.1, 0.15) is 17.5 Å². The van der Waals surface area contributed by atoms with E-state index in [0.29, 0.717) is 18.7 Å².